The minimum absolute atomic E-state index is 0.0581. The third-order valence-electron chi connectivity index (χ3n) is 3.55. The molecule has 1 amide bonds. The van der Waals surface area contributed by atoms with Crippen LogP contribution in [0.25, 0.3) is 0 Å². The number of pyridine rings is 1. The molecule has 21 heavy (non-hydrogen) atoms. The van der Waals surface area contributed by atoms with Crippen LogP contribution in [0.15, 0.2) is 23.2 Å². The topological polar surface area (TPSA) is 79.4 Å². The first-order valence-corrected chi connectivity index (χ1v) is 8.57. The molecule has 0 unspecified atom stereocenters. The first kappa shape index (κ1) is 16.2. The molecule has 116 valence electrons. The van der Waals surface area contributed by atoms with Gasteiger partial charge in [-0.1, -0.05) is 11.6 Å². The lowest BCUT2D eigenvalue weighted by atomic mass is 9.98. The second kappa shape index (κ2) is 6.72. The molecule has 1 aromatic heterocycles. The molecule has 0 aliphatic carbocycles. The van der Waals surface area contributed by atoms with Gasteiger partial charge >= 0.3 is 0 Å². The molecule has 1 aromatic rings. The van der Waals surface area contributed by atoms with Crippen LogP contribution in [0.2, 0.25) is 5.15 Å². The van der Waals surface area contributed by atoms with E-state index in [-0.39, 0.29) is 16.0 Å². The lowest BCUT2D eigenvalue weighted by molar-refractivity contribution is -0.119. The van der Waals surface area contributed by atoms with E-state index in [1.165, 1.54) is 29.6 Å². The maximum absolute atomic E-state index is 12.4. The summed E-state index contributed by atoms with van der Waals surface area (Å²) in [7, 11) is -3.51. The van der Waals surface area contributed by atoms with Crippen molar-refractivity contribution < 1.29 is 13.2 Å². The van der Waals surface area contributed by atoms with Crippen LogP contribution in [0, 0.1) is 5.92 Å². The van der Waals surface area contributed by atoms with Crippen molar-refractivity contribution in [1.29, 1.82) is 0 Å². The number of nitrogens with zero attached hydrogens (tertiary/aromatic N) is 2. The SMILES string of the molecule is CC(=O)NCC1CCN(S(=O)(=O)c2ccc(Cl)nc2)CC1. The Kier molecular flexibility index (Phi) is 5.18. The summed E-state index contributed by atoms with van der Waals surface area (Å²) in [6, 6.07) is 2.94. The number of rotatable bonds is 4. The van der Waals surface area contributed by atoms with Crippen LogP contribution in [-0.2, 0) is 14.8 Å². The number of hydrogen-bond donors (Lipinski definition) is 1. The van der Waals surface area contributed by atoms with Crippen LogP contribution in [0.1, 0.15) is 19.8 Å². The van der Waals surface area contributed by atoms with Gasteiger partial charge in [0.05, 0.1) is 0 Å². The number of nitrogens with one attached hydrogen (secondary N) is 1. The zero-order valence-corrected chi connectivity index (χ0v) is 13.3. The van der Waals surface area contributed by atoms with Crippen molar-refractivity contribution in [3.63, 3.8) is 0 Å². The number of amides is 1. The molecule has 1 aliphatic heterocycles. The third-order valence-corrected chi connectivity index (χ3v) is 5.66. The number of aromatic nitrogens is 1. The summed E-state index contributed by atoms with van der Waals surface area (Å²) in [5, 5.41) is 3.04. The molecule has 1 saturated heterocycles. The molecule has 8 heteroatoms. The van der Waals surface area contributed by atoms with Gasteiger partial charge in [-0.15, -0.1) is 0 Å². The number of carbonyl (C=O) groups excluding carboxylic acids is 1. The Morgan fingerprint density at radius 1 is 1.43 bits per heavy atom. The molecule has 0 atom stereocenters. The summed E-state index contributed by atoms with van der Waals surface area (Å²) in [5.74, 6) is 0.265. The van der Waals surface area contributed by atoms with Gasteiger partial charge in [0.15, 0.2) is 0 Å². The van der Waals surface area contributed by atoms with Gasteiger partial charge in [0.2, 0.25) is 15.9 Å². The lowest BCUT2D eigenvalue weighted by Gasteiger charge is -2.31. The molecule has 1 N–H and O–H groups in total. The van der Waals surface area contributed by atoms with Crippen LogP contribution < -0.4 is 5.32 Å². The zero-order valence-electron chi connectivity index (χ0n) is 11.8. The standard InChI is InChI=1S/C13H18ClN3O3S/c1-10(18)15-8-11-4-6-17(7-5-11)21(19,20)12-2-3-13(14)16-9-12/h2-3,9,11H,4-8H2,1H3,(H,15,18). The van der Waals surface area contributed by atoms with Crippen molar-refractivity contribution in [2.45, 2.75) is 24.7 Å². The highest BCUT2D eigenvalue weighted by Crippen LogP contribution is 2.23. The predicted molar refractivity (Wildman–Crippen MR) is 79.4 cm³/mol. The minimum atomic E-state index is -3.51. The summed E-state index contributed by atoms with van der Waals surface area (Å²) in [4.78, 5) is 14.9. The Labute approximate surface area is 129 Å². The fourth-order valence-corrected chi connectivity index (χ4v) is 3.83. The number of hydrogen-bond acceptors (Lipinski definition) is 4. The van der Waals surface area contributed by atoms with E-state index in [4.69, 9.17) is 11.6 Å². The third kappa shape index (κ3) is 4.15. The minimum Gasteiger partial charge on any atom is -0.356 e. The number of carbonyl (C=O) groups is 1. The number of piperidine rings is 1. The highest BCUT2D eigenvalue weighted by molar-refractivity contribution is 7.89. The predicted octanol–water partition coefficient (Wildman–Crippen LogP) is 1.27. The van der Waals surface area contributed by atoms with Gasteiger partial charge in [0, 0.05) is 32.8 Å². The number of sulfonamides is 1. The molecule has 6 nitrogen and oxygen atoms in total. The maximum Gasteiger partial charge on any atom is 0.244 e. The van der Waals surface area contributed by atoms with Crippen molar-refractivity contribution >= 4 is 27.5 Å². The second-order valence-corrected chi connectivity index (χ2v) is 7.43. The summed E-state index contributed by atoms with van der Waals surface area (Å²) in [6.45, 7) is 2.99. The van der Waals surface area contributed by atoms with Crippen LogP contribution in [0.3, 0.4) is 0 Å². The Bertz CT molecular complexity index is 596. The van der Waals surface area contributed by atoms with E-state index in [2.05, 4.69) is 10.3 Å². The van der Waals surface area contributed by atoms with E-state index in [0.29, 0.717) is 25.6 Å². The first-order chi connectivity index (χ1) is 9.89. The Balaban J connectivity index is 1.97. The van der Waals surface area contributed by atoms with E-state index in [9.17, 15) is 13.2 Å². The van der Waals surface area contributed by atoms with Crippen molar-refractivity contribution in [1.82, 2.24) is 14.6 Å². The average Bonchev–Trinajstić information content (AvgIpc) is 2.46. The average molecular weight is 332 g/mol. The molecule has 0 radical (unpaired) electrons. The Morgan fingerprint density at radius 3 is 2.62 bits per heavy atom. The molecule has 0 spiro atoms. The van der Waals surface area contributed by atoms with Crippen LogP contribution >= 0.6 is 11.6 Å². The summed E-state index contributed by atoms with van der Waals surface area (Å²) in [5.41, 5.74) is 0. The smallest absolute Gasteiger partial charge is 0.244 e. The normalized spacial score (nSPS) is 17.6. The zero-order chi connectivity index (χ0) is 15.5. The molecule has 1 aliphatic rings. The molecule has 0 aromatic carbocycles. The van der Waals surface area contributed by atoms with Gasteiger partial charge < -0.3 is 5.32 Å². The van der Waals surface area contributed by atoms with Gasteiger partial charge in [-0.05, 0) is 30.9 Å². The lowest BCUT2D eigenvalue weighted by Crippen LogP contribution is -2.41. The summed E-state index contributed by atoms with van der Waals surface area (Å²) in [6.07, 6.45) is 2.75. The van der Waals surface area contributed by atoms with E-state index in [1.54, 1.807) is 0 Å². The molecule has 0 saturated carbocycles. The van der Waals surface area contributed by atoms with Gasteiger partial charge in [0.25, 0.3) is 0 Å². The molecule has 2 heterocycles. The fraction of sp³-hybridized carbons (Fsp3) is 0.538. The van der Waals surface area contributed by atoms with Crippen LogP contribution in [0.4, 0.5) is 0 Å². The van der Waals surface area contributed by atoms with Crippen LogP contribution in [0.5, 0.6) is 0 Å². The molecular weight excluding hydrogens is 314 g/mol. The number of halogens is 1. The van der Waals surface area contributed by atoms with E-state index >= 15 is 0 Å². The van der Waals surface area contributed by atoms with Crippen molar-refractivity contribution in [2.75, 3.05) is 19.6 Å². The van der Waals surface area contributed by atoms with E-state index in [1.807, 2.05) is 0 Å². The molecular formula is C13H18ClN3O3S. The molecule has 2 rings (SSSR count). The van der Waals surface area contributed by atoms with Gasteiger partial charge in [-0.2, -0.15) is 4.31 Å². The van der Waals surface area contributed by atoms with Gasteiger partial charge in [-0.25, -0.2) is 13.4 Å². The summed E-state index contributed by atoms with van der Waals surface area (Å²) < 4.78 is 26.3. The molecule has 1 fully saturated rings. The Morgan fingerprint density at radius 2 is 2.10 bits per heavy atom. The van der Waals surface area contributed by atoms with Crippen LogP contribution in [-0.4, -0.2) is 43.2 Å². The quantitative estimate of drug-likeness (QED) is 0.843. The van der Waals surface area contributed by atoms with Crippen molar-refractivity contribution in [2.24, 2.45) is 5.92 Å². The second-order valence-electron chi connectivity index (χ2n) is 5.10. The Hall–Kier alpha value is -1.18. The highest BCUT2D eigenvalue weighted by Gasteiger charge is 2.29. The summed E-state index contributed by atoms with van der Waals surface area (Å²) >= 11 is 5.67. The van der Waals surface area contributed by atoms with Crippen molar-refractivity contribution in [3.05, 3.63) is 23.5 Å². The maximum atomic E-state index is 12.4. The van der Waals surface area contributed by atoms with E-state index < -0.39 is 10.0 Å². The highest BCUT2D eigenvalue weighted by atomic mass is 35.5. The molecule has 0 bridgehead atoms. The van der Waals surface area contributed by atoms with Crippen molar-refractivity contribution in [3.8, 4) is 0 Å². The van der Waals surface area contributed by atoms with Gasteiger partial charge in [-0.3, -0.25) is 4.79 Å². The van der Waals surface area contributed by atoms with E-state index in [0.717, 1.165) is 12.8 Å². The van der Waals surface area contributed by atoms with Gasteiger partial charge in [0.1, 0.15) is 10.0 Å². The fourth-order valence-electron chi connectivity index (χ4n) is 2.31. The largest absolute Gasteiger partial charge is 0.356 e. The monoisotopic (exact) mass is 331 g/mol. The first-order valence-electron chi connectivity index (χ1n) is 6.76.